The quantitative estimate of drug-likeness (QED) is 0.209. The Balaban J connectivity index is 2.27. The van der Waals surface area contributed by atoms with Crippen molar-refractivity contribution in [3.63, 3.8) is 0 Å². The fraction of sp³-hybridized carbons (Fsp3) is 0.192. The second-order valence-electron chi connectivity index (χ2n) is 8.27. The van der Waals surface area contributed by atoms with Crippen LogP contribution in [0.4, 0.5) is 11.4 Å². The molecule has 1 aliphatic heterocycles. The van der Waals surface area contributed by atoms with Crippen LogP contribution in [0.3, 0.4) is 0 Å². The second-order valence-corrected chi connectivity index (χ2v) is 9.04. The maximum atomic E-state index is 12.4. The van der Waals surface area contributed by atoms with Gasteiger partial charge in [-0.25, -0.2) is 9.79 Å². The van der Waals surface area contributed by atoms with E-state index >= 15 is 0 Å². The third-order valence-electron chi connectivity index (χ3n) is 5.59. The summed E-state index contributed by atoms with van der Waals surface area (Å²) < 4.78 is 6.60. The Bertz CT molecular complexity index is 1460. The zero-order chi connectivity index (χ0) is 24.6. The molecule has 0 unspecified atom stereocenters. The Hall–Kier alpha value is -3.40. The minimum atomic E-state index is -1.03. The molecule has 0 spiro atoms. The molecule has 2 aliphatic rings. The minimum absolute atomic E-state index is 0.163. The minimum Gasteiger partial charge on any atom is -0.478 e. The number of amides is 1. The average molecular weight is 569 g/mol. The molecule has 2 aromatic carbocycles. The van der Waals surface area contributed by atoms with Gasteiger partial charge in [0.15, 0.2) is 0 Å². The van der Waals surface area contributed by atoms with E-state index in [9.17, 15) is 14.7 Å². The van der Waals surface area contributed by atoms with Crippen LogP contribution in [0, 0.1) is 0 Å². The summed E-state index contributed by atoms with van der Waals surface area (Å²) in [5.41, 5.74) is 4.34. The number of carbonyl (C=O) groups is 2. The van der Waals surface area contributed by atoms with Crippen LogP contribution >= 0.6 is 22.6 Å². The fourth-order valence-corrected chi connectivity index (χ4v) is 4.10. The van der Waals surface area contributed by atoms with E-state index in [1.165, 1.54) is 0 Å². The lowest BCUT2D eigenvalue weighted by molar-refractivity contribution is -0.115. The molecule has 1 N–H and O–H groups in total. The Labute approximate surface area is 210 Å². The molecule has 0 bridgehead atoms. The number of hydrogen-bond acceptors (Lipinski definition) is 5. The van der Waals surface area contributed by atoms with Crippen molar-refractivity contribution in [2.24, 2.45) is 4.99 Å². The summed E-state index contributed by atoms with van der Waals surface area (Å²) in [6, 6.07) is 16.4. The van der Waals surface area contributed by atoms with Gasteiger partial charge >= 0.3 is 5.97 Å². The molecule has 2 aromatic rings. The number of anilines is 2. The van der Waals surface area contributed by atoms with E-state index in [4.69, 9.17) is 4.42 Å². The second kappa shape index (κ2) is 9.46. The summed E-state index contributed by atoms with van der Waals surface area (Å²) in [6.45, 7) is 0. The van der Waals surface area contributed by atoms with Gasteiger partial charge in [-0.2, -0.15) is 0 Å². The lowest BCUT2D eigenvalue weighted by Crippen LogP contribution is -2.18. The van der Waals surface area contributed by atoms with Crippen LogP contribution in [0.1, 0.15) is 10.4 Å². The highest BCUT2D eigenvalue weighted by Crippen LogP contribution is 2.41. The first-order chi connectivity index (χ1) is 16.2. The highest BCUT2D eigenvalue weighted by atomic mass is 127. The lowest BCUT2D eigenvalue weighted by atomic mass is 9.90. The largest absolute Gasteiger partial charge is 0.478 e. The number of alkyl halides is 1. The summed E-state index contributed by atoms with van der Waals surface area (Å²) in [6.07, 6.45) is 0. The van der Waals surface area contributed by atoms with E-state index in [-0.39, 0.29) is 15.9 Å². The highest BCUT2D eigenvalue weighted by Gasteiger charge is 2.24. The van der Waals surface area contributed by atoms with Gasteiger partial charge in [-0.15, -0.1) is 0 Å². The highest BCUT2D eigenvalue weighted by molar-refractivity contribution is 14.1. The molecule has 8 heteroatoms. The first-order valence-electron chi connectivity index (χ1n) is 10.6. The summed E-state index contributed by atoms with van der Waals surface area (Å²) in [5.74, 6) is -0.794. The maximum absolute atomic E-state index is 12.4. The molecular formula is C26H24IN3O4. The van der Waals surface area contributed by atoms with Crippen molar-refractivity contribution in [2.45, 2.75) is 0 Å². The van der Waals surface area contributed by atoms with Crippen LogP contribution < -0.4 is 15.2 Å². The number of nitrogens with zero attached hydrogens (tertiary/aromatic N) is 3. The van der Waals surface area contributed by atoms with Gasteiger partial charge < -0.3 is 19.3 Å². The van der Waals surface area contributed by atoms with Crippen LogP contribution in [0.25, 0.3) is 33.4 Å². The Kier molecular flexibility index (Phi) is 6.60. The van der Waals surface area contributed by atoms with Gasteiger partial charge in [0.1, 0.15) is 11.3 Å². The van der Waals surface area contributed by atoms with Crippen molar-refractivity contribution in [2.75, 3.05) is 42.4 Å². The molecule has 4 rings (SSSR count). The van der Waals surface area contributed by atoms with Gasteiger partial charge in [-0.05, 0) is 29.8 Å². The maximum Gasteiger partial charge on any atom is 0.336 e. The Morgan fingerprint density at radius 3 is 2.29 bits per heavy atom. The SMILES string of the molecule is CN(C)c1cc2oc3cc(N(C)C)ccc3c(-c3ccccc3C(=O)O)c-2c(=NC(=O)CI)c1. The van der Waals surface area contributed by atoms with Gasteiger partial charge in [0.25, 0.3) is 5.91 Å². The van der Waals surface area contributed by atoms with Gasteiger partial charge in [-0.1, -0.05) is 40.8 Å². The zero-order valence-corrected chi connectivity index (χ0v) is 21.5. The first-order valence-corrected chi connectivity index (χ1v) is 12.1. The Morgan fingerprint density at radius 1 is 0.941 bits per heavy atom. The number of carbonyl (C=O) groups excluding carboxylic acids is 1. The van der Waals surface area contributed by atoms with Gasteiger partial charge in [0, 0.05) is 62.6 Å². The lowest BCUT2D eigenvalue weighted by Gasteiger charge is -2.21. The molecule has 174 valence electrons. The summed E-state index contributed by atoms with van der Waals surface area (Å²) in [7, 11) is 7.69. The summed E-state index contributed by atoms with van der Waals surface area (Å²) >= 11 is 1.98. The van der Waals surface area contributed by atoms with E-state index < -0.39 is 5.97 Å². The Morgan fingerprint density at radius 2 is 1.65 bits per heavy atom. The molecule has 0 atom stereocenters. The number of carboxylic acid groups (broad SMARTS) is 1. The molecule has 34 heavy (non-hydrogen) atoms. The van der Waals surface area contributed by atoms with Crippen molar-refractivity contribution in [1.82, 2.24) is 0 Å². The topological polar surface area (TPSA) is 86.3 Å². The van der Waals surface area contributed by atoms with Crippen molar-refractivity contribution in [3.8, 4) is 22.5 Å². The standard InChI is InChI=1S/C26H24IN3O4/c1-29(2)15-9-10-19-21(12-15)34-22-13-16(30(3)4)11-20(28-23(31)14-27)25(22)24(19)17-7-5-6-8-18(17)26(32)33/h5-13H,14H2,1-4H3,(H,32,33). The molecule has 1 aliphatic carbocycles. The predicted octanol–water partition coefficient (Wildman–Crippen LogP) is 4.90. The van der Waals surface area contributed by atoms with Gasteiger partial charge in [0.05, 0.1) is 20.9 Å². The molecule has 7 nitrogen and oxygen atoms in total. The van der Waals surface area contributed by atoms with Crippen molar-refractivity contribution < 1.29 is 19.1 Å². The number of hydrogen-bond donors (Lipinski definition) is 1. The van der Waals surface area contributed by atoms with E-state index in [1.54, 1.807) is 24.3 Å². The normalized spacial score (nSPS) is 11.7. The smallest absolute Gasteiger partial charge is 0.336 e. The molecule has 1 amide bonds. The molecular weight excluding hydrogens is 545 g/mol. The number of halogens is 1. The van der Waals surface area contributed by atoms with E-state index in [2.05, 4.69) is 4.99 Å². The number of aromatic carboxylic acids is 1. The predicted molar refractivity (Wildman–Crippen MR) is 143 cm³/mol. The number of carboxylic acids is 1. The molecule has 0 saturated carbocycles. The van der Waals surface area contributed by atoms with Crippen molar-refractivity contribution in [1.29, 1.82) is 0 Å². The van der Waals surface area contributed by atoms with E-state index in [0.29, 0.717) is 33.4 Å². The molecule has 0 saturated heterocycles. The summed E-state index contributed by atoms with van der Waals surface area (Å²) in [5, 5.41) is 11.1. The average Bonchev–Trinajstić information content (AvgIpc) is 2.81. The van der Waals surface area contributed by atoms with E-state index in [0.717, 1.165) is 16.8 Å². The third kappa shape index (κ3) is 4.37. The van der Waals surface area contributed by atoms with Crippen molar-refractivity contribution >= 4 is 56.8 Å². The van der Waals surface area contributed by atoms with Gasteiger partial charge in [-0.3, -0.25) is 4.79 Å². The molecule has 0 aromatic heterocycles. The number of benzene rings is 3. The summed E-state index contributed by atoms with van der Waals surface area (Å²) in [4.78, 5) is 32.8. The van der Waals surface area contributed by atoms with Gasteiger partial charge in [0.2, 0.25) is 0 Å². The fourth-order valence-electron chi connectivity index (χ4n) is 3.93. The third-order valence-corrected chi connectivity index (χ3v) is 6.24. The molecule has 0 fully saturated rings. The first kappa shape index (κ1) is 23.7. The van der Waals surface area contributed by atoms with E-state index in [1.807, 2.05) is 90.9 Å². The van der Waals surface area contributed by atoms with Crippen LogP contribution in [-0.4, -0.2) is 49.6 Å². The van der Waals surface area contributed by atoms with Crippen LogP contribution in [0.15, 0.2) is 64.0 Å². The monoisotopic (exact) mass is 569 g/mol. The molecule has 0 radical (unpaired) electrons. The zero-order valence-electron chi connectivity index (χ0n) is 19.3. The van der Waals surface area contributed by atoms with Crippen molar-refractivity contribution in [3.05, 3.63) is 65.5 Å². The van der Waals surface area contributed by atoms with Crippen LogP contribution in [0.5, 0.6) is 0 Å². The van der Waals surface area contributed by atoms with Crippen LogP contribution in [-0.2, 0) is 4.79 Å². The number of fused-ring (bicyclic) bond motifs is 2. The number of rotatable bonds is 5. The molecule has 1 heterocycles. The van der Waals surface area contributed by atoms with Crippen LogP contribution in [0.2, 0.25) is 0 Å².